The van der Waals surface area contributed by atoms with Gasteiger partial charge in [-0.3, -0.25) is 9.69 Å². The highest BCUT2D eigenvalue weighted by Gasteiger charge is 2.30. The van der Waals surface area contributed by atoms with Gasteiger partial charge in [0.1, 0.15) is 5.56 Å². The molecule has 1 aromatic heterocycles. The Labute approximate surface area is 171 Å². The molecule has 0 unspecified atom stereocenters. The second kappa shape index (κ2) is 8.97. The van der Waals surface area contributed by atoms with Crippen LogP contribution in [0.4, 0.5) is 13.2 Å². The number of alkyl halides is 3. The molecule has 0 spiro atoms. The molecular formula is C20H24F3N3O4. The van der Waals surface area contributed by atoms with Crippen molar-refractivity contribution in [3.05, 3.63) is 47.2 Å². The molecule has 2 N–H and O–H groups in total. The predicted octanol–water partition coefficient (Wildman–Crippen LogP) is 2.52. The molecule has 0 aliphatic carbocycles. The standard InChI is InChI=1S/C20H24F3N3O4/c1-24(12-14-2-4-15(5-3-14)20(21,22)23)18(28)16-13-26(19(29)17(16)27)7-6-25-8-10-30-11-9-25/h2-5,13,27,29H,6-12H2,1H3. The first-order chi connectivity index (χ1) is 14.2. The van der Waals surface area contributed by atoms with E-state index in [2.05, 4.69) is 4.90 Å². The molecule has 3 rings (SSSR count). The molecule has 0 radical (unpaired) electrons. The normalized spacial score (nSPS) is 15.3. The van der Waals surface area contributed by atoms with Crippen molar-refractivity contribution < 1.29 is 32.9 Å². The Morgan fingerprint density at radius 1 is 1.13 bits per heavy atom. The molecule has 1 aromatic carbocycles. The number of halogens is 3. The van der Waals surface area contributed by atoms with E-state index in [9.17, 15) is 28.2 Å². The molecule has 0 bridgehead atoms. The first-order valence-corrected chi connectivity index (χ1v) is 9.49. The maximum absolute atomic E-state index is 12.7. The lowest BCUT2D eigenvalue weighted by Crippen LogP contribution is -2.38. The number of ether oxygens (including phenoxy) is 1. The molecule has 1 aliphatic heterocycles. The van der Waals surface area contributed by atoms with Crippen LogP contribution in [0.25, 0.3) is 0 Å². The summed E-state index contributed by atoms with van der Waals surface area (Å²) in [5.74, 6) is -1.45. The predicted molar refractivity (Wildman–Crippen MR) is 102 cm³/mol. The minimum absolute atomic E-state index is 0.0517. The van der Waals surface area contributed by atoms with Gasteiger partial charge < -0.3 is 24.4 Å². The minimum Gasteiger partial charge on any atom is -0.503 e. The fourth-order valence-electron chi connectivity index (χ4n) is 3.29. The molecule has 10 heteroatoms. The summed E-state index contributed by atoms with van der Waals surface area (Å²) in [6, 6.07) is 4.52. The second-order valence-electron chi connectivity index (χ2n) is 7.22. The molecular weight excluding hydrogens is 403 g/mol. The molecule has 7 nitrogen and oxygen atoms in total. The van der Waals surface area contributed by atoms with Gasteiger partial charge in [-0.2, -0.15) is 13.2 Å². The van der Waals surface area contributed by atoms with Crippen molar-refractivity contribution in [2.45, 2.75) is 19.3 Å². The molecule has 0 saturated carbocycles. The van der Waals surface area contributed by atoms with E-state index in [1.165, 1.54) is 34.8 Å². The molecule has 1 saturated heterocycles. The highest BCUT2D eigenvalue weighted by molar-refractivity contribution is 5.97. The highest BCUT2D eigenvalue weighted by Crippen LogP contribution is 2.32. The van der Waals surface area contributed by atoms with Gasteiger partial charge >= 0.3 is 6.18 Å². The zero-order valence-electron chi connectivity index (χ0n) is 16.5. The summed E-state index contributed by atoms with van der Waals surface area (Å²) < 4.78 is 44.7. The summed E-state index contributed by atoms with van der Waals surface area (Å²) >= 11 is 0. The number of aromatic nitrogens is 1. The van der Waals surface area contributed by atoms with Crippen molar-refractivity contribution in [1.82, 2.24) is 14.4 Å². The van der Waals surface area contributed by atoms with Crippen LogP contribution >= 0.6 is 0 Å². The van der Waals surface area contributed by atoms with Crippen LogP contribution in [-0.2, 0) is 24.0 Å². The fourth-order valence-corrected chi connectivity index (χ4v) is 3.29. The SMILES string of the molecule is CN(Cc1ccc(C(F)(F)F)cc1)C(=O)c1cn(CCN2CCOCC2)c(O)c1O. The lowest BCUT2D eigenvalue weighted by Gasteiger charge is -2.26. The number of benzene rings is 1. The summed E-state index contributed by atoms with van der Waals surface area (Å²) in [6.07, 6.45) is -3.04. The summed E-state index contributed by atoms with van der Waals surface area (Å²) in [7, 11) is 1.47. The third-order valence-electron chi connectivity index (χ3n) is 5.06. The van der Waals surface area contributed by atoms with Gasteiger partial charge in [0.15, 0.2) is 5.75 Å². The molecule has 0 atom stereocenters. The Balaban J connectivity index is 1.65. The number of nitrogens with zero attached hydrogens (tertiary/aromatic N) is 3. The molecule has 1 aliphatic rings. The van der Waals surface area contributed by atoms with Crippen molar-refractivity contribution >= 4 is 5.91 Å². The van der Waals surface area contributed by atoms with Crippen LogP contribution in [0.1, 0.15) is 21.5 Å². The van der Waals surface area contributed by atoms with Crippen LogP contribution in [0, 0.1) is 0 Å². The van der Waals surface area contributed by atoms with Crippen LogP contribution in [-0.4, -0.2) is 70.4 Å². The van der Waals surface area contributed by atoms with Gasteiger partial charge in [0.05, 0.1) is 18.8 Å². The largest absolute Gasteiger partial charge is 0.503 e. The first kappa shape index (κ1) is 22.0. The van der Waals surface area contributed by atoms with Gasteiger partial charge in [-0.05, 0) is 17.7 Å². The number of morpholine rings is 1. The summed E-state index contributed by atoms with van der Waals surface area (Å²) in [5.41, 5.74) is -0.321. The van der Waals surface area contributed by atoms with E-state index in [-0.39, 0.29) is 12.1 Å². The number of rotatable bonds is 6. The summed E-state index contributed by atoms with van der Waals surface area (Å²) in [4.78, 5) is 16.1. The van der Waals surface area contributed by atoms with Crippen LogP contribution in [0.3, 0.4) is 0 Å². The summed E-state index contributed by atoms with van der Waals surface area (Å²) in [5, 5.41) is 20.4. The number of amides is 1. The van der Waals surface area contributed by atoms with E-state index in [4.69, 9.17) is 4.74 Å². The average Bonchev–Trinajstić information content (AvgIpc) is 3.00. The molecule has 1 amide bonds. The van der Waals surface area contributed by atoms with Crippen molar-refractivity contribution in [3.8, 4) is 11.6 Å². The Kier molecular flexibility index (Phi) is 6.57. The van der Waals surface area contributed by atoms with E-state index >= 15 is 0 Å². The maximum Gasteiger partial charge on any atom is 0.416 e. The van der Waals surface area contributed by atoms with E-state index in [1.54, 1.807) is 0 Å². The van der Waals surface area contributed by atoms with E-state index in [1.807, 2.05) is 0 Å². The third-order valence-corrected chi connectivity index (χ3v) is 5.06. The Hall–Kier alpha value is -2.72. The number of aromatic hydroxyl groups is 2. The molecule has 1 fully saturated rings. The minimum atomic E-state index is -4.42. The highest BCUT2D eigenvalue weighted by atomic mass is 19.4. The van der Waals surface area contributed by atoms with E-state index < -0.39 is 29.3 Å². The van der Waals surface area contributed by atoms with Crippen LogP contribution < -0.4 is 0 Å². The lowest BCUT2D eigenvalue weighted by molar-refractivity contribution is -0.137. The monoisotopic (exact) mass is 427 g/mol. The Morgan fingerprint density at radius 2 is 1.77 bits per heavy atom. The molecule has 164 valence electrons. The third kappa shape index (κ3) is 5.06. The zero-order chi connectivity index (χ0) is 21.9. The van der Waals surface area contributed by atoms with Crippen LogP contribution in [0.5, 0.6) is 11.6 Å². The number of carbonyl (C=O) groups is 1. The van der Waals surface area contributed by atoms with Gasteiger partial charge in [0, 0.05) is 46.0 Å². The lowest BCUT2D eigenvalue weighted by atomic mass is 10.1. The molecule has 30 heavy (non-hydrogen) atoms. The van der Waals surface area contributed by atoms with Crippen molar-refractivity contribution in [2.75, 3.05) is 39.9 Å². The van der Waals surface area contributed by atoms with E-state index in [0.717, 1.165) is 25.2 Å². The smallest absolute Gasteiger partial charge is 0.416 e. The van der Waals surface area contributed by atoms with Crippen LogP contribution in [0.15, 0.2) is 30.5 Å². The average molecular weight is 427 g/mol. The van der Waals surface area contributed by atoms with Gasteiger partial charge in [0.2, 0.25) is 5.88 Å². The van der Waals surface area contributed by atoms with Gasteiger partial charge in [0.25, 0.3) is 5.91 Å². The Bertz CT molecular complexity index is 875. The Morgan fingerprint density at radius 3 is 2.37 bits per heavy atom. The molecule has 2 aromatic rings. The summed E-state index contributed by atoms with van der Waals surface area (Å²) in [6.45, 7) is 3.89. The van der Waals surface area contributed by atoms with Crippen molar-refractivity contribution in [2.24, 2.45) is 0 Å². The number of hydrogen-bond donors (Lipinski definition) is 2. The molecule has 2 heterocycles. The second-order valence-corrected chi connectivity index (χ2v) is 7.22. The number of hydrogen-bond acceptors (Lipinski definition) is 5. The van der Waals surface area contributed by atoms with Gasteiger partial charge in [-0.15, -0.1) is 0 Å². The van der Waals surface area contributed by atoms with Crippen LogP contribution in [0.2, 0.25) is 0 Å². The zero-order valence-corrected chi connectivity index (χ0v) is 16.5. The van der Waals surface area contributed by atoms with Gasteiger partial charge in [-0.1, -0.05) is 12.1 Å². The fraction of sp³-hybridized carbons (Fsp3) is 0.450. The van der Waals surface area contributed by atoms with Gasteiger partial charge in [-0.25, -0.2) is 0 Å². The quantitative estimate of drug-likeness (QED) is 0.741. The first-order valence-electron chi connectivity index (χ1n) is 9.49. The van der Waals surface area contributed by atoms with E-state index in [0.29, 0.717) is 31.9 Å². The number of carbonyl (C=O) groups excluding carboxylic acids is 1. The van der Waals surface area contributed by atoms with Crippen molar-refractivity contribution in [3.63, 3.8) is 0 Å². The maximum atomic E-state index is 12.7. The van der Waals surface area contributed by atoms with Crippen molar-refractivity contribution in [1.29, 1.82) is 0 Å². The topological polar surface area (TPSA) is 78.2 Å².